The first-order chi connectivity index (χ1) is 8.82. The summed E-state index contributed by atoms with van der Waals surface area (Å²) in [5.41, 5.74) is 0.824. The third-order valence-corrected chi connectivity index (χ3v) is 6.67. The molecule has 9 heteroatoms. The first-order valence-corrected chi connectivity index (χ1v) is 9.17. The van der Waals surface area contributed by atoms with Gasteiger partial charge >= 0.3 is 5.97 Å². The number of aromatic nitrogens is 1. The van der Waals surface area contributed by atoms with E-state index in [-0.39, 0.29) is 10.3 Å². The van der Waals surface area contributed by atoms with Gasteiger partial charge in [-0.05, 0) is 25.4 Å². The highest BCUT2D eigenvalue weighted by Gasteiger charge is 2.31. The Kier molecular flexibility index (Phi) is 5.78. The van der Waals surface area contributed by atoms with E-state index in [2.05, 4.69) is 4.98 Å². The number of sulfonamides is 1. The minimum atomic E-state index is -3.80. The van der Waals surface area contributed by atoms with Crippen LogP contribution in [0.15, 0.2) is 9.72 Å². The fraction of sp³-hybridized carbons (Fsp3) is 0.600. The van der Waals surface area contributed by atoms with Crippen LogP contribution in [-0.4, -0.2) is 53.9 Å². The lowest BCUT2D eigenvalue weighted by Crippen LogP contribution is -2.35. The van der Waals surface area contributed by atoms with E-state index in [4.69, 9.17) is 5.11 Å². The Bertz CT molecular complexity index is 541. The molecule has 1 aromatic rings. The highest BCUT2D eigenvalue weighted by Crippen LogP contribution is 2.25. The lowest BCUT2D eigenvalue weighted by atomic mass is 10.3. The number of nitrogens with zero attached hydrogens (tertiary/aromatic N) is 2. The maximum Gasteiger partial charge on any atom is 0.356 e. The second kappa shape index (κ2) is 6.69. The number of aromatic carboxylic acids is 1. The molecule has 1 rings (SSSR count). The summed E-state index contributed by atoms with van der Waals surface area (Å²) in [6.07, 6.45) is 2.66. The van der Waals surface area contributed by atoms with Crippen LogP contribution in [0.1, 0.15) is 23.8 Å². The van der Waals surface area contributed by atoms with Crippen molar-refractivity contribution in [1.29, 1.82) is 0 Å². The Balaban J connectivity index is 3.03. The van der Waals surface area contributed by atoms with Gasteiger partial charge in [0.2, 0.25) is 0 Å². The van der Waals surface area contributed by atoms with Crippen molar-refractivity contribution >= 4 is 39.1 Å². The van der Waals surface area contributed by atoms with Crippen LogP contribution in [0, 0.1) is 0 Å². The van der Waals surface area contributed by atoms with Gasteiger partial charge in [0.15, 0.2) is 9.90 Å². The highest BCUT2D eigenvalue weighted by molar-refractivity contribution is 7.98. The molecule has 0 bridgehead atoms. The second-order valence-electron chi connectivity index (χ2n) is 3.95. The predicted molar refractivity (Wildman–Crippen MR) is 76.5 cm³/mol. The molecule has 0 spiro atoms. The van der Waals surface area contributed by atoms with Crippen LogP contribution in [0.2, 0.25) is 0 Å². The normalized spacial score (nSPS) is 13.7. The summed E-state index contributed by atoms with van der Waals surface area (Å²) in [4.78, 5) is 14.5. The van der Waals surface area contributed by atoms with Crippen LogP contribution in [-0.2, 0) is 10.0 Å². The van der Waals surface area contributed by atoms with E-state index < -0.39 is 21.7 Å². The molecule has 1 unspecified atom stereocenters. The summed E-state index contributed by atoms with van der Waals surface area (Å²) in [6, 6.07) is -0.193. The maximum atomic E-state index is 12.3. The molecule has 0 aliphatic heterocycles. The van der Waals surface area contributed by atoms with E-state index in [1.54, 1.807) is 18.7 Å². The third-order valence-electron chi connectivity index (χ3n) is 2.71. The zero-order chi connectivity index (χ0) is 14.6. The minimum Gasteiger partial charge on any atom is -0.476 e. The molecule has 0 fully saturated rings. The number of hydrogen-bond acceptors (Lipinski definition) is 6. The molecule has 0 amide bonds. The molecular formula is C10H16N2O4S3. The Hall–Kier alpha value is -0.640. The largest absolute Gasteiger partial charge is 0.476 e. The molecule has 0 saturated carbocycles. The van der Waals surface area contributed by atoms with Crippen molar-refractivity contribution in [1.82, 2.24) is 9.29 Å². The van der Waals surface area contributed by atoms with Crippen molar-refractivity contribution in [2.45, 2.75) is 23.6 Å². The van der Waals surface area contributed by atoms with Crippen molar-refractivity contribution in [3.05, 3.63) is 11.2 Å². The molecule has 1 atom stereocenters. The van der Waals surface area contributed by atoms with Crippen LogP contribution >= 0.6 is 23.1 Å². The van der Waals surface area contributed by atoms with Gasteiger partial charge in [0.05, 0.1) is 5.51 Å². The summed E-state index contributed by atoms with van der Waals surface area (Å²) in [5, 5.41) is 8.94. The predicted octanol–water partition coefficient (Wildman–Crippen LogP) is 1.60. The monoisotopic (exact) mass is 324 g/mol. The Morgan fingerprint density at radius 2 is 2.26 bits per heavy atom. The van der Waals surface area contributed by atoms with Gasteiger partial charge in [-0.25, -0.2) is 18.2 Å². The topological polar surface area (TPSA) is 87.6 Å². The molecule has 0 aromatic carbocycles. The molecule has 1 heterocycles. The quantitative estimate of drug-likeness (QED) is 0.820. The number of thiazole rings is 1. The van der Waals surface area contributed by atoms with Gasteiger partial charge in [0.1, 0.15) is 0 Å². The second-order valence-corrected chi connectivity index (χ2v) is 7.98. The highest BCUT2D eigenvalue weighted by atomic mass is 32.2. The summed E-state index contributed by atoms with van der Waals surface area (Å²) in [7, 11) is -2.34. The SMILES string of the molecule is CSCCC(C)N(C)S(=O)(=O)c1scnc1C(=O)O. The first kappa shape index (κ1) is 16.4. The van der Waals surface area contributed by atoms with E-state index in [1.165, 1.54) is 16.9 Å². The van der Waals surface area contributed by atoms with Crippen molar-refractivity contribution in [3.8, 4) is 0 Å². The summed E-state index contributed by atoms with van der Waals surface area (Å²) in [6.45, 7) is 1.80. The van der Waals surface area contributed by atoms with Crippen LogP contribution in [0.3, 0.4) is 0 Å². The van der Waals surface area contributed by atoms with Gasteiger partial charge in [-0.3, -0.25) is 0 Å². The molecule has 0 radical (unpaired) electrons. The average molecular weight is 324 g/mol. The number of thioether (sulfide) groups is 1. The lowest BCUT2D eigenvalue weighted by Gasteiger charge is -2.23. The molecule has 1 N–H and O–H groups in total. The number of carboxylic acids is 1. The van der Waals surface area contributed by atoms with Crippen LogP contribution in [0.4, 0.5) is 0 Å². The molecule has 0 aliphatic carbocycles. The summed E-state index contributed by atoms with van der Waals surface area (Å²) < 4.78 is 25.7. The van der Waals surface area contributed by atoms with E-state index >= 15 is 0 Å². The van der Waals surface area contributed by atoms with Crippen molar-refractivity contribution < 1.29 is 18.3 Å². The maximum absolute atomic E-state index is 12.3. The van der Waals surface area contributed by atoms with Crippen LogP contribution in [0.5, 0.6) is 0 Å². The molecular weight excluding hydrogens is 308 g/mol. The molecule has 6 nitrogen and oxygen atoms in total. The van der Waals surface area contributed by atoms with E-state index in [1.807, 2.05) is 6.26 Å². The molecule has 1 aromatic heterocycles. The van der Waals surface area contributed by atoms with Crippen molar-refractivity contribution in [2.75, 3.05) is 19.1 Å². The Morgan fingerprint density at radius 3 is 2.79 bits per heavy atom. The van der Waals surface area contributed by atoms with Gasteiger partial charge in [0.25, 0.3) is 10.0 Å². The van der Waals surface area contributed by atoms with Crippen LogP contribution < -0.4 is 0 Å². The molecule has 19 heavy (non-hydrogen) atoms. The zero-order valence-corrected chi connectivity index (χ0v) is 13.3. The van der Waals surface area contributed by atoms with Gasteiger partial charge < -0.3 is 5.11 Å². The van der Waals surface area contributed by atoms with Gasteiger partial charge in [0, 0.05) is 13.1 Å². The van der Waals surface area contributed by atoms with Gasteiger partial charge in [-0.1, -0.05) is 0 Å². The number of hydrogen-bond donors (Lipinski definition) is 1. The molecule has 0 saturated heterocycles. The van der Waals surface area contributed by atoms with Crippen molar-refractivity contribution in [3.63, 3.8) is 0 Å². The summed E-state index contributed by atoms with van der Waals surface area (Å²) in [5.74, 6) is -0.486. The number of carbonyl (C=O) groups is 1. The van der Waals surface area contributed by atoms with Gasteiger partial charge in [-0.15, -0.1) is 11.3 Å². The van der Waals surface area contributed by atoms with E-state index in [9.17, 15) is 13.2 Å². The fourth-order valence-electron chi connectivity index (χ4n) is 1.40. The van der Waals surface area contributed by atoms with E-state index in [0.29, 0.717) is 6.42 Å². The average Bonchev–Trinajstić information content (AvgIpc) is 2.84. The summed E-state index contributed by atoms with van der Waals surface area (Å²) >= 11 is 2.47. The Labute approximate surface area is 120 Å². The Morgan fingerprint density at radius 1 is 1.63 bits per heavy atom. The molecule has 108 valence electrons. The van der Waals surface area contributed by atoms with Gasteiger partial charge in [-0.2, -0.15) is 16.1 Å². The lowest BCUT2D eigenvalue weighted by molar-refractivity contribution is 0.0687. The smallest absolute Gasteiger partial charge is 0.356 e. The number of rotatable bonds is 7. The minimum absolute atomic E-state index is 0.193. The first-order valence-electron chi connectivity index (χ1n) is 5.46. The fourth-order valence-corrected chi connectivity index (χ4v) is 4.67. The number of carboxylic acid groups (broad SMARTS) is 1. The standard InChI is InChI=1S/C10H16N2O4S3/c1-7(4-5-17-3)12(2)19(15,16)10-8(9(13)14)11-6-18-10/h6-7H,4-5H2,1-3H3,(H,13,14). The third kappa shape index (κ3) is 3.68. The van der Waals surface area contributed by atoms with Crippen molar-refractivity contribution in [2.24, 2.45) is 0 Å². The molecule has 0 aliphatic rings. The zero-order valence-electron chi connectivity index (χ0n) is 10.9. The van der Waals surface area contributed by atoms with E-state index in [0.717, 1.165) is 17.1 Å². The van der Waals surface area contributed by atoms with Crippen LogP contribution in [0.25, 0.3) is 0 Å².